The monoisotopic (exact) mass is 317 g/mol. The number of nitrogens with zero attached hydrogens (tertiary/aromatic N) is 1. The number of benzene rings is 2. The first-order valence-corrected chi connectivity index (χ1v) is 7.27. The lowest BCUT2D eigenvalue weighted by Gasteiger charge is -2.04. The summed E-state index contributed by atoms with van der Waals surface area (Å²) in [5.41, 5.74) is 4.33. The van der Waals surface area contributed by atoms with Crippen molar-refractivity contribution >= 4 is 21.6 Å². The molecule has 3 heteroatoms. The quantitative estimate of drug-likeness (QED) is 0.451. The van der Waals surface area contributed by atoms with Crippen molar-refractivity contribution in [1.29, 1.82) is 0 Å². The Balaban J connectivity index is 1.98. The Morgan fingerprint density at radius 2 is 1.79 bits per heavy atom. The van der Waals surface area contributed by atoms with Gasteiger partial charge in [-0.1, -0.05) is 69.6 Å². The van der Waals surface area contributed by atoms with Crippen LogP contribution in [0, 0.1) is 0 Å². The molecule has 0 spiro atoms. The number of hydrogen-bond acceptors (Lipinski definition) is 2. The average molecular weight is 318 g/mol. The van der Waals surface area contributed by atoms with E-state index in [1.54, 1.807) is 0 Å². The largest absolute Gasteiger partial charge is 0.391 e. The van der Waals surface area contributed by atoms with E-state index in [-0.39, 0.29) is 0 Å². The summed E-state index contributed by atoms with van der Waals surface area (Å²) < 4.78 is 0. The molecule has 2 nitrogen and oxygen atoms in total. The van der Waals surface area contributed by atoms with Crippen LogP contribution in [0.15, 0.2) is 59.8 Å². The molecule has 0 radical (unpaired) electrons. The van der Waals surface area contributed by atoms with Gasteiger partial charge in [-0.3, -0.25) is 0 Å². The van der Waals surface area contributed by atoms with Gasteiger partial charge in [-0.25, -0.2) is 0 Å². The Bertz CT molecular complexity index is 552. The lowest BCUT2D eigenvalue weighted by Crippen LogP contribution is -1.97. The van der Waals surface area contributed by atoms with Crippen LogP contribution >= 0.6 is 15.9 Å². The zero-order valence-corrected chi connectivity index (χ0v) is 12.4. The van der Waals surface area contributed by atoms with Gasteiger partial charge < -0.3 is 4.84 Å². The van der Waals surface area contributed by atoms with Gasteiger partial charge in [0, 0.05) is 5.33 Å². The molecule has 0 saturated carbocycles. The molecule has 98 valence electrons. The molecule has 0 fully saturated rings. The Labute approximate surface area is 122 Å². The van der Waals surface area contributed by atoms with E-state index in [0.29, 0.717) is 6.61 Å². The molecular formula is C16H16BrNO. The van der Waals surface area contributed by atoms with Gasteiger partial charge in [0.05, 0.1) is 5.71 Å². The van der Waals surface area contributed by atoms with Crippen molar-refractivity contribution in [3.8, 4) is 0 Å². The summed E-state index contributed by atoms with van der Waals surface area (Å²) in [6.07, 6.45) is 0. The summed E-state index contributed by atoms with van der Waals surface area (Å²) in [4.78, 5) is 5.39. The average Bonchev–Trinajstić information content (AvgIpc) is 2.48. The van der Waals surface area contributed by atoms with E-state index in [1.807, 2.05) is 49.4 Å². The van der Waals surface area contributed by atoms with Crippen molar-refractivity contribution in [2.75, 3.05) is 0 Å². The van der Waals surface area contributed by atoms with Crippen LogP contribution in [-0.2, 0) is 16.8 Å². The van der Waals surface area contributed by atoms with Gasteiger partial charge in [0.2, 0.25) is 0 Å². The van der Waals surface area contributed by atoms with Crippen LogP contribution in [0.3, 0.4) is 0 Å². The highest BCUT2D eigenvalue weighted by Crippen LogP contribution is 2.10. The van der Waals surface area contributed by atoms with E-state index in [2.05, 4.69) is 33.2 Å². The molecular weight excluding hydrogens is 302 g/mol. The van der Waals surface area contributed by atoms with Gasteiger partial charge in [0.15, 0.2) is 0 Å². The zero-order valence-electron chi connectivity index (χ0n) is 10.8. The van der Waals surface area contributed by atoms with Crippen molar-refractivity contribution < 1.29 is 4.84 Å². The van der Waals surface area contributed by atoms with Gasteiger partial charge in [0.1, 0.15) is 6.61 Å². The second kappa shape index (κ2) is 7.10. The number of alkyl halides is 1. The molecule has 2 rings (SSSR count). The summed E-state index contributed by atoms with van der Waals surface area (Å²) in [7, 11) is 0. The van der Waals surface area contributed by atoms with Gasteiger partial charge >= 0.3 is 0 Å². The fraction of sp³-hybridized carbons (Fsp3) is 0.188. The van der Waals surface area contributed by atoms with Gasteiger partial charge in [0.25, 0.3) is 0 Å². The van der Waals surface area contributed by atoms with Crippen LogP contribution in [-0.4, -0.2) is 5.71 Å². The molecule has 2 aromatic rings. The van der Waals surface area contributed by atoms with E-state index in [1.165, 1.54) is 5.56 Å². The molecule has 0 aliphatic rings. The van der Waals surface area contributed by atoms with E-state index in [0.717, 1.165) is 22.2 Å². The minimum absolute atomic E-state index is 0.496. The van der Waals surface area contributed by atoms with Gasteiger partial charge in [-0.2, -0.15) is 0 Å². The van der Waals surface area contributed by atoms with Crippen molar-refractivity contribution in [2.24, 2.45) is 5.16 Å². The molecule has 0 amide bonds. The van der Waals surface area contributed by atoms with Gasteiger partial charge in [-0.05, 0) is 29.7 Å². The molecule has 0 N–H and O–H groups in total. The van der Waals surface area contributed by atoms with Crippen molar-refractivity contribution in [3.05, 3.63) is 71.3 Å². The summed E-state index contributed by atoms with van der Waals surface area (Å²) >= 11 is 3.45. The van der Waals surface area contributed by atoms with Crippen LogP contribution in [0.1, 0.15) is 23.6 Å². The number of oxime groups is 1. The topological polar surface area (TPSA) is 21.6 Å². The van der Waals surface area contributed by atoms with Crippen LogP contribution in [0.2, 0.25) is 0 Å². The van der Waals surface area contributed by atoms with Gasteiger partial charge in [-0.15, -0.1) is 0 Å². The van der Waals surface area contributed by atoms with Crippen molar-refractivity contribution in [2.45, 2.75) is 18.9 Å². The van der Waals surface area contributed by atoms with E-state index >= 15 is 0 Å². The number of halogens is 1. The predicted octanol–water partition coefficient (Wildman–Crippen LogP) is 4.52. The maximum atomic E-state index is 5.39. The first-order chi connectivity index (χ1) is 9.29. The first kappa shape index (κ1) is 13.8. The second-order valence-corrected chi connectivity index (χ2v) is 4.83. The Morgan fingerprint density at radius 1 is 1.05 bits per heavy atom. The smallest absolute Gasteiger partial charge is 0.142 e. The SMILES string of the molecule is C/C(=N\OCc1ccccc1)c1cccc(CBr)c1. The third-order valence-corrected chi connectivity index (χ3v) is 3.42. The number of rotatable bonds is 5. The molecule has 0 atom stereocenters. The highest BCUT2D eigenvalue weighted by Gasteiger charge is 1.99. The third-order valence-electron chi connectivity index (χ3n) is 2.77. The summed E-state index contributed by atoms with van der Waals surface area (Å²) in [6.45, 7) is 2.45. The molecule has 0 aliphatic heterocycles. The zero-order chi connectivity index (χ0) is 13.5. The Hall–Kier alpha value is -1.61. The maximum absolute atomic E-state index is 5.39. The highest BCUT2D eigenvalue weighted by atomic mass is 79.9. The highest BCUT2D eigenvalue weighted by molar-refractivity contribution is 9.08. The number of hydrogen-bond donors (Lipinski definition) is 0. The molecule has 0 bridgehead atoms. The first-order valence-electron chi connectivity index (χ1n) is 6.15. The normalized spacial score (nSPS) is 11.4. The summed E-state index contributed by atoms with van der Waals surface area (Å²) in [5, 5.41) is 5.01. The lowest BCUT2D eigenvalue weighted by molar-refractivity contribution is 0.130. The van der Waals surface area contributed by atoms with Crippen molar-refractivity contribution in [3.63, 3.8) is 0 Å². The van der Waals surface area contributed by atoms with Crippen LogP contribution < -0.4 is 0 Å². The molecule has 0 heterocycles. The summed E-state index contributed by atoms with van der Waals surface area (Å²) in [5.74, 6) is 0. The predicted molar refractivity (Wildman–Crippen MR) is 82.5 cm³/mol. The van der Waals surface area contributed by atoms with Crippen LogP contribution in [0.25, 0.3) is 0 Å². The van der Waals surface area contributed by atoms with Crippen molar-refractivity contribution in [1.82, 2.24) is 0 Å². The van der Waals surface area contributed by atoms with E-state index in [9.17, 15) is 0 Å². The Morgan fingerprint density at radius 3 is 2.53 bits per heavy atom. The molecule has 19 heavy (non-hydrogen) atoms. The molecule has 0 aliphatic carbocycles. The van der Waals surface area contributed by atoms with E-state index < -0.39 is 0 Å². The minimum Gasteiger partial charge on any atom is -0.391 e. The lowest BCUT2D eigenvalue weighted by atomic mass is 10.1. The fourth-order valence-corrected chi connectivity index (χ4v) is 2.06. The molecule has 0 unspecified atom stereocenters. The summed E-state index contributed by atoms with van der Waals surface area (Å²) in [6, 6.07) is 18.3. The fourth-order valence-electron chi connectivity index (χ4n) is 1.71. The maximum Gasteiger partial charge on any atom is 0.142 e. The molecule has 2 aromatic carbocycles. The second-order valence-electron chi connectivity index (χ2n) is 4.27. The standard InChI is InChI=1S/C16H16BrNO/c1-13(16-9-5-8-15(10-16)11-17)18-19-12-14-6-3-2-4-7-14/h2-10H,11-12H2,1H3/b18-13+. The van der Waals surface area contributed by atoms with Crippen LogP contribution in [0.5, 0.6) is 0 Å². The third kappa shape index (κ3) is 4.21. The molecule has 0 saturated heterocycles. The van der Waals surface area contributed by atoms with Crippen LogP contribution in [0.4, 0.5) is 0 Å². The van der Waals surface area contributed by atoms with E-state index in [4.69, 9.17) is 4.84 Å². The molecule has 0 aromatic heterocycles. The Kier molecular flexibility index (Phi) is 5.16. The minimum atomic E-state index is 0.496.